The lowest BCUT2D eigenvalue weighted by molar-refractivity contribution is 0.255. The lowest BCUT2D eigenvalue weighted by Crippen LogP contribution is -2.49. The summed E-state index contributed by atoms with van der Waals surface area (Å²) in [5.74, 6) is 1.90. The van der Waals surface area contributed by atoms with E-state index in [0.717, 1.165) is 31.8 Å². The molecule has 1 saturated heterocycles. The molecule has 4 unspecified atom stereocenters. The fourth-order valence-corrected chi connectivity index (χ4v) is 7.82. The highest BCUT2D eigenvalue weighted by atomic mass is 15.0. The largest absolute Gasteiger partial charge is 0.324 e. The highest BCUT2D eigenvalue weighted by Crippen LogP contribution is 2.53. The summed E-state index contributed by atoms with van der Waals surface area (Å²) in [5, 5.41) is 3.56. The van der Waals surface area contributed by atoms with Gasteiger partial charge in [-0.1, -0.05) is 87.3 Å². The highest BCUT2D eigenvalue weighted by Gasteiger charge is 2.55. The van der Waals surface area contributed by atoms with Gasteiger partial charge in [-0.15, -0.1) is 0 Å². The third kappa shape index (κ3) is 3.88. The van der Waals surface area contributed by atoms with Crippen molar-refractivity contribution in [3.8, 4) is 0 Å². The van der Waals surface area contributed by atoms with Crippen LogP contribution in [0.1, 0.15) is 76.3 Å². The van der Waals surface area contributed by atoms with Gasteiger partial charge in [-0.3, -0.25) is 0 Å². The molecule has 2 nitrogen and oxygen atoms in total. The van der Waals surface area contributed by atoms with Gasteiger partial charge in [-0.25, -0.2) is 0 Å². The molecular weight excluding hydrogens is 412 g/mol. The smallest absolute Gasteiger partial charge is 0.0350 e. The molecule has 0 amide bonds. The standard InChI is InChI=1S/C32H42N2/c1-3-22-9-11-25(12-10-22)27-16-28-14-23(13-24-18-31(2)20-34-21-32(31,33)19-24)15-29(28)30(17-27)26-7-5-4-6-8-26/h9-12,14-17,24,26,28,34H,3-8,13,18-21,33H2,1-2H3. The molecule has 6 rings (SSSR count). The van der Waals surface area contributed by atoms with E-state index in [9.17, 15) is 0 Å². The molecule has 0 radical (unpaired) electrons. The van der Waals surface area contributed by atoms with Gasteiger partial charge in [-0.2, -0.15) is 0 Å². The summed E-state index contributed by atoms with van der Waals surface area (Å²) in [5.41, 5.74) is 16.2. The van der Waals surface area contributed by atoms with Crippen LogP contribution in [0.3, 0.4) is 0 Å². The second-order valence-corrected chi connectivity index (χ2v) is 12.3. The van der Waals surface area contributed by atoms with Crippen molar-refractivity contribution in [2.24, 2.45) is 28.9 Å². The molecule has 2 heteroatoms. The summed E-state index contributed by atoms with van der Waals surface area (Å²) in [6.07, 6.45) is 21.9. The normalized spacial score (nSPS) is 35.4. The number of hydrogen-bond acceptors (Lipinski definition) is 2. The molecule has 3 N–H and O–H groups in total. The highest BCUT2D eigenvalue weighted by molar-refractivity contribution is 5.80. The number of nitrogens with one attached hydrogen (secondary N) is 1. The minimum Gasteiger partial charge on any atom is -0.324 e. The average molecular weight is 455 g/mol. The van der Waals surface area contributed by atoms with Gasteiger partial charge >= 0.3 is 0 Å². The third-order valence-electron chi connectivity index (χ3n) is 9.91. The van der Waals surface area contributed by atoms with Crippen molar-refractivity contribution in [2.75, 3.05) is 13.1 Å². The van der Waals surface area contributed by atoms with Crippen LogP contribution in [0.4, 0.5) is 0 Å². The monoisotopic (exact) mass is 454 g/mol. The van der Waals surface area contributed by atoms with E-state index in [1.165, 1.54) is 61.6 Å². The van der Waals surface area contributed by atoms with Crippen LogP contribution < -0.4 is 11.1 Å². The first-order chi connectivity index (χ1) is 16.5. The number of fused-ring (bicyclic) bond motifs is 2. The molecule has 1 aromatic rings. The Hall–Kier alpha value is -1.90. The van der Waals surface area contributed by atoms with Gasteiger partial charge in [0.1, 0.15) is 0 Å². The zero-order valence-electron chi connectivity index (χ0n) is 21.2. The molecule has 0 aromatic heterocycles. The van der Waals surface area contributed by atoms with Crippen molar-refractivity contribution < 1.29 is 0 Å². The molecule has 0 spiro atoms. The van der Waals surface area contributed by atoms with E-state index in [2.05, 4.69) is 67.7 Å². The van der Waals surface area contributed by atoms with Gasteiger partial charge in [0, 0.05) is 24.5 Å². The van der Waals surface area contributed by atoms with Crippen LogP contribution in [0.5, 0.6) is 0 Å². The van der Waals surface area contributed by atoms with Crippen LogP contribution in [0.25, 0.3) is 5.57 Å². The molecule has 4 aliphatic carbocycles. The van der Waals surface area contributed by atoms with Crippen molar-refractivity contribution in [1.82, 2.24) is 5.32 Å². The molecule has 180 valence electrons. The first-order valence-corrected chi connectivity index (χ1v) is 13.9. The van der Waals surface area contributed by atoms with Crippen molar-refractivity contribution >= 4 is 5.57 Å². The maximum absolute atomic E-state index is 6.89. The van der Waals surface area contributed by atoms with Crippen LogP contribution in [-0.4, -0.2) is 18.6 Å². The van der Waals surface area contributed by atoms with Crippen LogP contribution >= 0.6 is 0 Å². The van der Waals surface area contributed by atoms with E-state index in [0.29, 0.717) is 11.8 Å². The number of benzene rings is 1. The molecule has 1 heterocycles. The molecule has 3 fully saturated rings. The number of hydrogen-bond donors (Lipinski definition) is 2. The molecule has 1 aromatic carbocycles. The van der Waals surface area contributed by atoms with E-state index in [1.54, 1.807) is 16.7 Å². The van der Waals surface area contributed by atoms with Crippen LogP contribution in [-0.2, 0) is 6.42 Å². The second-order valence-electron chi connectivity index (χ2n) is 12.3. The molecule has 4 atom stereocenters. The van der Waals surface area contributed by atoms with Crippen LogP contribution in [0, 0.1) is 23.2 Å². The Labute approximate surface area is 206 Å². The van der Waals surface area contributed by atoms with Gasteiger partial charge in [0.25, 0.3) is 0 Å². The van der Waals surface area contributed by atoms with E-state index in [1.807, 2.05) is 0 Å². The summed E-state index contributed by atoms with van der Waals surface area (Å²) < 4.78 is 0. The lowest BCUT2D eigenvalue weighted by atomic mass is 9.74. The third-order valence-corrected chi connectivity index (χ3v) is 9.91. The minimum atomic E-state index is -0.0123. The number of rotatable bonds is 5. The Morgan fingerprint density at radius 3 is 2.47 bits per heavy atom. The zero-order chi connectivity index (χ0) is 23.3. The Bertz CT molecular complexity index is 1050. The van der Waals surface area contributed by atoms with Gasteiger partial charge < -0.3 is 11.1 Å². The zero-order valence-corrected chi connectivity index (χ0v) is 21.2. The predicted molar refractivity (Wildman–Crippen MR) is 143 cm³/mol. The Balaban J connectivity index is 1.28. The first-order valence-electron chi connectivity index (χ1n) is 13.9. The quantitative estimate of drug-likeness (QED) is 0.517. The Morgan fingerprint density at radius 1 is 0.941 bits per heavy atom. The molecule has 0 bridgehead atoms. The topological polar surface area (TPSA) is 38.0 Å². The summed E-state index contributed by atoms with van der Waals surface area (Å²) in [6.45, 7) is 6.72. The van der Waals surface area contributed by atoms with E-state index in [-0.39, 0.29) is 11.0 Å². The fraction of sp³-hybridized carbons (Fsp3) is 0.562. The van der Waals surface area contributed by atoms with E-state index in [4.69, 9.17) is 5.73 Å². The molecule has 2 saturated carbocycles. The summed E-state index contributed by atoms with van der Waals surface area (Å²) in [4.78, 5) is 0. The SMILES string of the molecule is CCc1ccc(C2=CC3C=C(CC4CC5(C)CNCC5(N)C4)C=C3C(C3CCCCC3)=C2)cc1. The summed E-state index contributed by atoms with van der Waals surface area (Å²) in [6, 6.07) is 9.28. The Kier molecular flexibility index (Phi) is 5.73. The summed E-state index contributed by atoms with van der Waals surface area (Å²) >= 11 is 0. The van der Waals surface area contributed by atoms with Crippen LogP contribution in [0.2, 0.25) is 0 Å². The van der Waals surface area contributed by atoms with Gasteiger partial charge in [0.2, 0.25) is 0 Å². The molecule has 5 aliphatic rings. The van der Waals surface area contributed by atoms with Crippen molar-refractivity contribution in [2.45, 2.75) is 77.2 Å². The van der Waals surface area contributed by atoms with Crippen molar-refractivity contribution in [3.63, 3.8) is 0 Å². The lowest BCUT2D eigenvalue weighted by Gasteiger charge is -2.32. The maximum atomic E-state index is 6.89. The predicted octanol–water partition coefficient (Wildman–Crippen LogP) is 6.74. The average Bonchev–Trinajstić information content (AvgIpc) is 3.45. The molecule has 34 heavy (non-hydrogen) atoms. The van der Waals surface area contributed by atoms with Crippen molar-refractivity contribution in [3.05, 3.63) is 76.4 Å². The number of allylic oxidation sites excluding steroid dienone is 8. The molecule has 1 aliphatic heterocycles. The van der Waals surface area contributed by atoms with Crippen molar-refractivity contribution in [1.29, 1.82) is 0 Å². The number of aryl methyl sites for hydroxylation is 1. The fourth-order valence-electron chi connectivity index (χ4n) is 7.82. The van der Waals surface area contributed by atoms with E-state index >= 15 is 0 Å². The van der Waals surface area contributed by atoms with Gasteiger partial charge in [-0.05, 0) is 83.6 Å². The number of nitrogens with two attached hydrogens (primary N) is 1. The molecular formula is C32H42N2. The van der Waals surface area contributed by atoms with E-state index < -0.39 is 0 Å². The van der Waals surface area contributed by atoms with Gasteiger partial charge in [0.15, 0.2) is 0 Å². The first kappa shape index (κ1) is 22.6. The minimum absolute atomic E-state index is 0.0123. The second kappa shape index (κ2) is 8.64. The van der Waals surface area contributed by atoms with Gasteiger partial charge in [0.05, 0.1) is 0 Å². The summed E-state index contributed by atoms with van der Waals surface area (Å²) in [7, 11) is 0. The Morgan fingerprint density at radius 2 is 1.74 bits per heavy atom. The van der Waals surface area contributed by atoms with Crippen LogP contribution in [0.15, 0.2) is 65.3 Å². The maximum Gasteiger partial charge on any atom is 0.0350 e.